The number of hydrogen-bond donors (Lipinski definition) is 2. The van der Waals surface area contributed by atoms with Gasteiger partial charge in [-0.1, -0.05) is 15.9 Å². The standard InChI is InChI=1S/C13H18BrN3/c14-10-1-2-13-12(9-10)16-7-8-17(13)11-3-5-15-6-4-11/h1-2,9,11,15-16H,3-8H2. The molecule has 1 saturated heterocycles. The molecule has 2 N–H and O–H groups in total. The minimum Gasteiger partial charge on any atom is -0.382 e. The molecule has 1 aromatic carbocycles. The van der Waals surface area contributed by atoms with Crippen molar-refractivity contribution in [2.75, 3.05) is 36.4 Å². The summed E-state index contributed by atoms with van der Waals surface area (Å²) in [4.78, 5) is 2.58. The minimum atomic E-state index is 0.707. The zero-order valence-electron chi connectivity index (χ0n) is 9.88. The normalized spacial score (nSPS) is 20.9. The Labute approximate surface area is 111 Å². The first-order chi connectivity index (χ1) is 8.34. The molecule has 3 rings (SSSR count). The number of nitrogens with zero attached hydrogens (tertiary/aromatic N) is 1. The number of benzene rings is 1. The highest BCUT2D eigenvalue weighted by Gasteiger charge is 2.25. The molecule has 2 heterocycles. The smallest absolute Gasteiger partial charge is 0.0605 e. The van der Waals surface area contributed by atoms with E-state index in [2.05, 4.69) is 49.7 Å². The lowest BCUT2D eigenvalue weighted by molar-refractivity contribution is 0.430. The second-order valence-corrected chi connectivity index (χ2v) is 5.68. The van der Waals surface area contributed by atoms with Crippen molar-refractivity contribution in [1.29, 1.82) is 0 Å². The van der Waals surface area contributed by atoms with Gasteiger partial charge in [-0.25, -0.2) is 0 Å². The fourth-order valence-electron chi connectivity index (χ4n) is 2.83. The molecule has 0 spiro atoms. The van der Waals surface area contributed by atoms with Crippen LogP contribution in [0.2, 0.25) is 0 Å². The molecule has 0 radical (unpaired) electrons. The van der Waals surface area contributed by atoms with Gasteiger partial charge >= 0.3 is 0 Å². The van der Waals surface area contributed by atoms with Crippen LogP contribution in [0.25, 0.3) is 0 Å². The summed E-state index contributed by atoms with van der Waals surface area (Å²) in [6.07, 6.45) is 2.52. The van der Waals surface area contributed by atoms with E-state index in [1.807, 2.05) is 0 Å². The summed E-state index contributed by atoms with van der Waals surface area (Å²) < 4.78 is 1.15. The van der Waals surface area contributed by atoms with E-state index in [4.69, 9.17) is 0 Å². The summed E-state index contributed by atoms with van der Waals surface area (Å²) in [5.74, 6) is 0. The van der Waals surface area contributed by atoms with E-state index in [1.165, 1.54) is 24.2 Å². The van der Waals surface area contributed by atoms with Crippen molar-refractivity contribution in [2.45, 2.75) is 18.9 Å². The second-order valence-electron chi connectivity index (χ2n) is 4.76. The molecular formula is C13H18BrN3. The van der Waals surface area contributed by atoms with E-state index in [0.29, 0.717) is 6.04 Å². The Hall–Kier alpha value is -0.740. The summed E-state index contributed by atoms with van der Waals surface area (Å²) >= 11 is 3.54. The number of piperidine rings is 1. The van der Waals surface area contributed by atoms with Crippen molar-refractivity contribution >= 4 is 27.3 Å². The Morgan fingerprint density at radius 2 is 2.00 bits per heavy atom. The van der Waals surface area contributed by atoms with Crippen LogP contribution in [0.3, 0.4) is 0 Å². The van der Waals surface area contributed by atoms with Crippen LogP contribution < -0.4 is 15.5 Å². The van der Waals surface area contributed by atoms with Crippen molar-refractivity contribution in [3.05, 3.63) is 22.7 Å². The number of halogens is 1. The summed E-state index contributed by atoms with van der Waals surface area (Å²) in [5, 5.41) is 6.92. The summed E-state index contributed by atoms with van der Waals surface area (Å²) in [6, 6.07) is 7.26. The van der Waals surface area contributed by atoms with Crippen LogP contribution >= 0.6 is 15.9 Å². The molecule has 0 saturated carbocycles. The molecule has 1 fully saturated rings. The van der Waals surface area contributed by atoms with Gasteiger partial charge < -0.3 is 15.5 Å². The third-order valence-corrected chi connectivity index (χ3v) is 4.18. The Morgan fingerprint density at radius 3 is 2.82 bits per heavy atom. The first kappa shape index (κ1) is 11.4. The number of rotatable bonds is 1. The molecule has 0 atom stereocenters. The highest BCUT2D eigenvalue weighted by molar-refractivity contribution is 9.10. The molecule has 0 bridgehead atoms. The average Bonchev–Trinajstić information content (AvgIpc) is 2.39. The van der Waals surface area contributed by atoms with E-state index in [-0.39, 0.29) is 0 Å². The van der Waals surface area contributed by atoms with E-state index in [9.17, 15) is 0 Å². The molecule has 1 aromatic rings. The molecule has 17 heavy (non-hydrogen) atoms. The highest BCUT2D eigenvalue weighted by atomic mass is 79.9. The Balaban J connectivity index is 1.88. The minimum absolute atomic E-state index is 0.707. The molecule has 4 heteroatoms. The molecule has 0 amide bonds. The van der Waals surface area contributed by atoms with E-state index in [1.54, 1.807) is 0 Å². The van der Waals surface area contributed by atoms with Gasteiger partial charge in [0.05, 0.1) is 11.4 Å². The van der Waals surface area contributed by atoms with E-state index in [0.717, 1.165) is 30.7 Å². The van der Waals surface area contributed by atoms with Crippen LogP contribution in [-0.2, 0) is 0 Å². The van der Waals surface area contributed by atoms with E-state index >= 15 is 0 Å². The first-order valence-corrected chi connectivity index (χ1v) is 7.15. The van der Waals surface area contributed by atoms with Gasteiger partial charge in [0.1, 0.15) is 0 Å². The van der Waals surface area contributed by atoms with Gasteiger partial charge in [0.15, 0.2) is 0 Å². The maximum Gasteiger partial charge on any atom is 0.0605 e. The predicted molar refractivity (Wildman–Crippen MR) is 75.9 cm³/mol. The molecule has 92 valence electrons. The van der Waals surface area contributed by atoms with Gasteiger partial charge in [-0.05, 0) is 44.1 Å². The van der Waals surface area contributed by atoms with Crippen molar-refractivity contribution in [1.82, 2.24) is 5.32 Å². The second kappa shape index (κ2) is 4.86. The first-order valence-electron chi connectivity index (χ1n) is 6.35. The number of nitrogens with one attached hydrogen (secondary N) is 2. The lowest BCUT2D eigenvalue weighted by Gasteiger charge is -2.40. The fourth-order valence-corrected chi connectivity index (χ4v) is 3.19. The van der Waals surface area contributed by atoms with Gasteiger partial charge in [0.2, 0.25) is 0 Å². The number of fused-ring (bicyclic) bond motifs is 1. The van der Waals surface area contributed by atoms with Gasteiger partial charge in [-0.15, -0.1) is 0 Å². The van der Waals surface area contributed by atoms with Gasteiger partial charge in [-0.2, -0.15) is 0 Å². The van der Waals surface area contributed by atoms with Crippen LogP contribution in [0.15, 0.2) is 22.7 Å². The van der Waals surface area contributed by atoms with Crippen LogP contribution in [-0.4, -0.2) is 32.2 Å². The number of anilines is 2. The molecular weight excluding hydrogens is 278 g/mol. The molecule has 2 aliphatic heterocycles. The lowest BCUT2D eigenvalue weighted by Crippen LogP contribution is -2.47. The largest absolute Gasteiger partial charge is 0.382 e. The lowest BCUT2D eigenvalue weighted by atomic mass is 10.0. The summed E-state index contributed by atoms with van der Waals surface area (Å²) in [6.45, 7) is 4.48. The van der Waals surface area contributed by atoms with Gasteiger partial charge in [0, 0.05) is 23.6 Å². The Morgan fingerprint density at radius 1 is 1.18 bits per heavy atom. The zero-order chi connectivity index (χ0) is 11.7. The molecule has 3 nitrogen and oxygen atoms in total. The molecule has 2 aliphatic rings. The van der Waals surface area contributed by atoms with Crippen molar-refractivity contribution in [3.8, 4) is 0 Å². The monoisotopic (exact) mass is 295 g/mol. The third-order valence-electron chi connectivity index (χ3n) is 3.69. The number of hydrogen-bond acceptors (Lipinski definition) is 3. The highest BCUT2D eigenvalue weighted by Crippen LogP contribution is 2.34. The Bertz CT molecular complexity index is 402. The zero-order valence-corrected chi connectivity index (χ0v) is 11.5. The van der Waals surface area contributed by atoms with Gasteiger partial charge in [-0.3, -0.25) is 0 Å². The Kier molecular flexibility index (Phi) is 3.25. The van der Waals surface area contributed by atoms with Crippen LogP contribution in [0.5, 0.6) is 0 Å². The van der Waals surface area contributed by atoms with Crippen LogP contribution in [0.4, 0.5) is 11.4 Å². The quantitative estimate of drug-likeness (QED) is 0.833. The van der Waals surface area contributed by atoms with Crippen LogP contribution in [0.1, 0.15) is 12.8 Å². The fraction of sp³-hybridized carbons (Fsp3) is 0.538. The predicted octanol–water partition coefficient (Wildman–Crippen LogP) is 2.43. The average molecular weight is 296 g/mol. The van der Waals surface area contributed by atoms with Crippen molar-refractivity contribution in [2.24, 2.45) is 0 Å². The topological polar surface area (TPSA) is 27.3 Å². The SMILES string of the molecule is Brc1ccc2c(c1)NCCN2C1CCNCC1. The maximum absolute atomic E-state index is 3.54. The summed E-state index contributed by atoms with van der Waals surface area (Å²) in [5.41, 5.74) is 2.63. The maximum atomic E-state index is 3.54. The molecule has 0 unspecified atom stereocenters. The molecule has 0 aromatic heterocycles. The van der Waals surface area contributed by atoms with E-state index < -0.39 is 0 Å². The van der Waals surface area contributed by atoms with Crippen LogP contribution in [0, 0.1) is 0 Å². The molecule has 0 aliphatic carbocycles. The van der Waals surface area contributed by atoms with Crippen molar-refractivity contribution < 1.29 is 0 Å². The van der Waals surface area contributed by atoms with Gasteiger partial charge in [0.25, 0.3) is 0 Å². The summed E-state index contributed by atoms with van der Waals surface area (Å²) in [7, 11) is 0. The van der Waals surface area contributed by atoms with Crippen molar-refractivity contribution in [3.63, 3.8) is 0 Å². The third kappa shape index (κ3) is 2.29.